The van der Waals surface area contributed by atoms with Crippen LogP contribution in [0.1, 0.15) is 15.2 Å². The van der Waals surface area contributed by atoms with Gasteiger partial charge in [-0.1, -0.05) is 6.53 Å². The second kappa shape index (κ2) is 4.43. The van der Waals surface area contributed by atoms with Crippen LogP contribution in [0.5, 0.6) is 0 Å². The maximum absolute atomic E-state index is 11.8. The summed E-state index contributed by atoms with van der Waals surface area (Å²) in [5.41, 5.74) is 5.65. The molecule has 0 saturated heterocycles. The molecule has 2 aromatic heterocycles. The summed E-state index contributed by atoms with van der Waals surface area (Å²) in [5.74, 6) is -0.759. The lowest BCUT2D eigenvalue weighted by Gasteiger charge is -2.15. The Kier molecular flexibility index (Phi) is 2.34. The third kappa shape index (κ3) is 1.73. The van der Waals surface area contributed by atoms with Gasteiger partial charge >= 0.3 is 0 Å². The van der Waals surface area contributed by atoms with Crippen LogP contribution in [0.25, 0.3) is 11.2 Å². The fraction of sp³-hybridized carbons (Fsp3) is 0.417. The van der Waals surface area contributed by atoms with E-state index >= 15 is 0 Å². The molecule has 1 saturated carbocycles. The zero-order valence-electron chi connectivity index (χ0n) is 12.4. The number of fused-ring (bicyclic) bond motifs is 1. The summed E-state index contributed by atoms with van der Waals surface area (Å²) in [5, 5.41) is 19.4. The average molecular weight is 279 g/mol. The smallest absolute Gasteiger partial charge is 0.280 e. The van der Waals surface area contributed by atoms with E-state index in [1.54, 1.807) is 0 Å². The minimum Gasteiger partial charge on any atom is -0.396 e. The highest BCUT2D eigenvalue weighted by Gasteiger charge is 2.37. The highest BCUT2D eigenvalue weighted by Crippen LogP contribution is 2.39. The van der Waals surface area contributed by atoms with Crippen molar-refractivity contribution in [3.05, 3.63) is 28.8 Å². The quantitative estimate of drug-likeness (QED) is 0.531. The number of nitrogens with two attached hydrogens (primary N) is 1. The van der Waals surface area contributed by atoms with Crippen LogP contribution >= 0.6 is 0 Å². The largest absolute Gasteiger partial charge is 0.396 e. The predicted molar refractivity (Wildman–Crippen MR) is 71.9 cm³/mol. The van der Waals surface area contributed by atoms with Gasteiger partial charge < -0.3 is 20.5 Å². The van der Waals surface area contributed by atoms with E-state index in [0.717, 1.165) is 0 Å². The number of hydrogen-bond acceptors (Lipinski definition) is 6. The van der Waals surface area contributed by atoms with Gasteiger partial charge in [0.25, 0.3) is 5.56 Å². The van der Waals surface area contributed by atoms with E-state index in [9.17, 15) is 15.0 Å². The van der Waals surface area contributed by atoms with Crippen molar-refractivity contribution in [3.63, 3.8) is 0 Å². The lowest BCUT2D eigenvalue weighted by molar-refractivity contribution is 0.101. The lowest BCUT2D eigenvalue weighted by Crippen LogP contribution is -2.17. The van der Waals surface area contributed by atoms with Gasteiger partial charge in [0.2, 0.25) is 5.95 Å². The van der Waals surface area contributed by atoms with E-state index in [4.69, 9.17) is 8.48 Å². The molecule has 0 amide bonds. The molecule has 2 heterocycles. The summed E-state index contributed by atoms with van der Waals surface area (Å²) >= 11 is 0. The molecule has 1 aliphatic carbocycles. The highest BCUT2D eigenvalue weighted by atomic mass is 16.3. The van der Waals surface area contributed by atoms with Gasteiger partial charge in [-0.3, -0.25) is 9.78 Å². The molecule has 5 N–H and O–H groups in total. The first kappa shape index (κ1) is 10.6. The first-order chi connectivity index (χ1) is 10.4. The van der Waals surface area contributed by atoms with Crippen molar-refractivity contribution in [1.29, 1.82) is 0 Å². The molecule has 3 atom stereocenters. The van der Waals surface area contributed by atoms with Gasteiger partial charge in [-0.25, -0.2) is 4.98 Å². The molecule has 8 nitrogen and oxygen atoms in total. The number of nitrogen functional groups attached to an aromatic ring is 1. The van der Waals surface area contributed by atoms with E-state index in [1.165, 1.54) is 10.9 Å². The molecule has 0 spiro atoms. The van der Waals surface area contributed by atoms with Crippen molar-refractivity contribution in [2.75, 3.05) is 12.3 Å². The number of hydrogen-bond donors (Lipinski definition) is 4. The van der Waals surface area contributed by atoms with E-state index in [0.29, 0.717) is 0 Å². The average Bonchev–Trinajstić information content (AvgIpc) is 2.99. The summed E-state index contributed by atoms with van der Waals surface area (Å²) in [6.45, 7) is -0.836. The number of rotatable bonds is 2. The van der Waals surface area contributed by atoms with Crippen LogP contribution in [-0.2, 0) is 0 Å². The van der Waals surface area contributed by atoms with Gasteiger partial charge in [-0.15, -0.1) is 0 Å². The molecule has 2 aromatic rings. The van der Waals surface area contributed by atoms with Crippen LogP contribution in [0.15, 0.2) is 23.2 Å². The van der Waals surface area contributed by atoms with Gasteiger partial charge in [0.1, 0.15) is 0 Å². The number of nitrogens with zero attached hydrogens (tertiary/aromatic N) is 3. The van der Waals surface area contributed by atoms with Crippen LogP contribution in [0.2, 0.25) is 0 Å². The normalized spacial score (nSPS) is 27.7. The maximum Gasteiger partial charge on any atom is 0.280 e. The van der Waals surface area contributed by atoms with Crippen molar-refractivity contribution in [3.8, 4) is 0 Å². The van der Waals surface area contributed by atoms with E-state index in [1.807, 2.05) is 0 Å². The molecular weight excluding hydrogens is 262 g/mol. The van der Waals surface area contributed by atoms with Gasteiger partial charge in [0.05, 0.1) is 27.8 Å². The van der Waals surface area contributed by atoms with Crippen molar-refractivity contribution < 1.29 is 13.0 Å². The third-order valence-corrected chi connectivity index (χ3v) is 3.67. The molecule has 0 bridgehead atoms. The Morgan fingerprint density at radius 3 is 3.20 bits per heavy atom. The van der Waals surface area contributed by atoms with Gasteiger partial charge in [-0.05, 0) is 12.0 Å². The molecular formula is C12H15N5O3. The Balaban J connectivity index is 2.19. The molecule has 106 valence electrons. The number of aliphatic hydroxyl groups is 2. The molecule has 0 radical (unpaired) electrons. The molecule has 0 unspecified atom stereocenters. The highest BCUT2D eigenvalue weighted by molar-refractivity contribution is 5.70. The molecule has 20 heavy (non-hydrogen) atoms. The van der Waals surface area contributed by atoms with Gasteiger partial charge in [0.15, 0.2) is 11.2 Å². The predicted octanol–water partition coefficient (Wildman–Crippen LogP) is -0.828. The van der Waals surface area contributed by atoms with Crippen molar-refractivity contribution in [2.24, 2.45) is 5.92 Å². The Hall–Kier alpha value is -2.19. The second-order valence-electron chi connectivity index (χ2n) is 4.84. The van der Waals surface area contributed by atoms with Crippen molar-refractivity contribution in [2.45, 2.75) is 18.6 Å². The summed E-state index contributed by atoms with van der Waals surface area (Å²) < 4.78 is 16.7. The van der Waals surface area contributed by atoms with Gasteiger partial charge in [-0.2, -0.15) is 4.98 Å². The van der Waals surface area contributed by atoms with Crippen LogP contribution in [-0.4, -0.2) is 42.4 Å². The standard InChI is InChI=1S/C12H15N5O3/c1-5-6(3-18)8(19)2-7(5)17-4-14-9-10(17)15-12(13)16-11(9)20/h4,6-8,18-19H,1-3H2,(H3,13,15,16,20)/t6-,7-,8-/m0/s1/i1D2. The molecule has 3 rings (SSSR count). The van der Waals surface area contributed by atoms with Gasteiger partial charge in [0, 0.05) is 5.92 Å². The maximum atomic E-state index is 11.8. The SMILES string of the molecule is [2H]C([2H])=C1[C@H](CO)[C@@H](O)C[C@@H]1n1cnc2c(=O)[nH]c(N)nc21. The van der Waals surface area contributed by atoms with E-state index < -0.39 is 30.2 Å². The summed E-state index contributed by atoms with van der Waals surface area (Å²) in [4.78, 5) is 22.2. The van der Waals surface area contributed by atoms with Crippen LogP contribution in [0.4, 0.5) is 5.95 Å². The number of nitrogens with one attached hydrogen (secondary N) is 1. The molecule has 1 fully saturated rings. The third-order valence-electron chi connectivity index (χ3n) is 3.67. The number of H-pyrrole nitrogens is 1. The van der Waals surface area contributed by atoms with Crippen molar-refractivity contribution >= 4 is 17.1 Å². The number of aromatic amines is 1. The first-order valence-electron chi connectivity index (χ1n) is 7.12. The molecule has 1 aliphatic rings. The van der Waals surface area contributed by atoms with Crippen LogP contribution < -0.4 is 11.3 Å². The minimum atomic E-state index is -0.882. The first-order valence-corrected chi connectivity index (χ1v) is 6.12. The Morgan fingerprint density at radius 2 is 2.50 bits per heavy atom. The Morgan fingerprint density at radius 1 is 1.70 bits per heavy atom. The number of anilines is 1. The summed E-state index contributed by atoms with van der Waals surface area (Å²) in [7, 11) is 0. The molecule has 8 heteroatoms. The second-order valence-corrected chi connectivity index (χ2v) is 4.84. The minimum absolute atomic E-state index is 0.0704. The van der Waals surface area contributed by atoms with E-state index in [-0.39, 0.29) is 35.7 Å². The fourth-order valence-electron chi connectivity index (χ4n) is 2.63. The summed E-state index contributed by atoms with van der Waals surface area (Å²) in [6.07, 6.45) is 0.682. The zero-order chi connectivity index (χ0) is 16.0. The topological polar surface area (TPSA) is 130 Å². The Labute approximate surface area is 116 Å². The number of aliphatic hydroxyl groups excluding tert-OH is 2. The number of imidazole rings is 1. The zero-order valence-corrected chi connectivity index (χ0v) is 10.4. The van der Waals surface area contributed by atoms with E-state index in [2.05, 4.69) is 15.0 Å². The monoisotopic (exact) mass is 279 g/mol. The van der Waals surface area contributed by atoms with Crippen LogP contribution in [0, 0.1) is 5.92 Å². The Bertz CT molecular complexity index is 811. The molecule has 0 aromatic carbocycles. The summed E-state index contributed by atoms with van der Waals surface area (Å²) in [6, 6.07) is -0.573. The lowest BCUT2D eigenvalue weighted by atomic mass is 10.0. The molecule has 0 aliphatic heterocycles. The number of aromatic nitrogens is 4. The van der Waals surface area contributed by atoms with Crippen LogP contribution in [0.3, 0.4) is 0 Å². The fourth-order valence-corrected chi connectivity index (χ4v) is 2.63. The van der Waals surface area contributed by atoms with Crippen molar-refractivity contribution in [1.82, 2.24) is 19.5 Å².